The molecule has 0 saturated heterocycles. The summed E-state index contributed by atoms with van der Waals surface area (Å²) in [7, 11) is 0. The van der Waals surface area contributed by atoms with E-state index in [1.165, 1.54) is 253 Å². The van der Waals surface area contributed by atoms with E-state index in [0.717, 1.165) is 101 Å². The first-order chi connectivity index (χ1) is 64.7. The fraction of sp³-hybridized carbons (Fsp3) is 0.636. The Morgan fingerprint density at radius 1 is 0.243 bits per heavy atom. The third-order valence-corrected chi connectivity index (χ3v) is 43.1. The molecular weight excluding hydrogens is 1650 g/mol. The van der Waals surface area contributed by atoms with Gasteiger partial charge in [-0.15, -0.1) is 0 Å². The van der Waals surface area contributed by atoms with Crippen molar-refractivity contribution >= 4 is 54.2 Å². The number of allylic oxidation sites excluding steroid dienone is 6. The quantitative estimate of drug-likeness (QED) is 0.142. The SMILES string of the molecule is CC(C)(C)O[C@@H]1CC[C@@]2(C)C(=CC[C@@H]3[C@@H]2CC[C@]2(C)C(c4ccc5ccccc5c4)=CC[C@@H]32)C1.CC(C)(C)O[C@@H]1CC[C@@]2(C)C(=CC[C@H]3[C@@H]4CC[C@H](c5ccc6ccccc6c5)[C@@]4(C)CC[C@@H]32)C1.CC(C)(C)O[C@@H]1CC[C@@]2(C)[C@@H](CC[C@@H]3[C@@H]2CC[C@]2(C)C(c4ccc5ccccc5c4)=CC[C@@H]32)C1.CC(C)(C)O[C@@H]1CC[C@@]2(C)[C@@H](CC[C@@H]3[C@@H]2CC[C@]2(C)[C@@H](c4ccc5ccccc5c4)CC[C@@H]32)C1. The average molecular weight is 1830 g/mol. The Kier molecular flexibility index (Phi) is 25.3. The molecule has 0 bridgehead atoms. The summed E-state index contributed by atoms with van der Waals surface area (Å²) in [5, 5.41) is 11.0. The van der Waals surface area contributed by atoms with Crippen LogP contribution in [0.2, 0.25) is 0 Å². The molecule has 16 aliphatic rings. The molecule has 0 amide bonds. The van der Waals surface area contributed by atoms with Crippen LogP contribution in [-0.4, -0.2) is 46.8 Å². The summed E-state index contributed by atoms with van der Waals surface area (Å²) in [5.74, 6) is 13.7. The molecule has 4 nitrogen and oxygen atoms in total. The van der Waals surface area contributed by atoms with Crippen LogP contribution in [0.1, 0.15) is 378 Å². The van der Waals surface area contributed by atoms with Crippen LogP contribution < -0.4 is 0 Å². The Morgan fingerprint density at radius 3 is 0.963 bits per heavy atom. The van der Waals surface area contributed by atoms with E-state index in [-0.39, 0.29) is 22.4 Å². The van der Waals surface area contributed by atoms with Gasteiger partial charge in [-0.2, -0.15) is 0 Å². The monoisotopic (exact) mass is 1830 g/mol. The van der Waals surface area contributed by atoms with Gasteiger partial charge in [0, 0.05) is 0 Å². The smallest absolute Gasteiger partial charge is 0.0619 e. The zero-order valence-electron chi connectivity index (χ0n) is 88.3. The van der Waals surface area contributed by atoms with Crippen LogP contribution >= 0.6 is 0 Å². The minimum atomic E-state index is -0.0441. The minimum Gasteiger partial charge on any atom is -0.373 e. The fourth-order valence-electron chi connectivity index (χ4n) is 36.8. The molecule has 8 aromatic carbocycles. The summed E-state index contributed by atoms with van der Waals surface area (Å²) in [4.78, 5) is 0. The maximum atomic E-state index is 6.49. The third kappa shape index (κ3) is 17.5. The predicted octanol–water partition coefficient (Wildman–Crippen LogP) is 36.3. The summed E-state index contributed by atoms with van der Waals surface area (Å²) in [5.41, 5.74) is 16.2. The van der Waals surface area contributed by atoms with Gasteiger partial charge in [0.05, 0.1) is 46.8 Å². The summed E-state index contributed by atoms with van der Waals surface area (Å²) >= 11 is 0. The van der Waals surface area contributed by atoms with Crippen LogP contribution in [0.4, 0.5) is 0 Å². The lowest BCUT2D eigenvalue weighted by molar-refractivity contribution is -0.152. The summed E-state index contributed by atoms with van der Waals surface area (Å²) in [6.07, 6.45) is 55.4. The normalized spacial score (nSPS) is 39.8. The Balaban J connectivity index is 0.000000108. The number of ether oxygens (including phenoxy) is 4. The Hall–Kier alpha value is -6.40. The number of benzene rings is 8. The first-order valence-corrected chi connectivity index (χ1v) is 56.2. The lowest BCUT2D eigenvalue weighted by Crippen LogP contribution is -2.54. The van der Waals surface area contributed by atoms with Gasteiger partial charge in [0.2, 0.25) is 0 Å². The van der Waals surface area contributed by atoms with Gasteiger partial charge in [-0.05, 0) is 515 Å². The van der Waals surface area contributed by atoms with Gasteiger partial charge in [-0.3, -0.25) is 0 Å². The molecular formula is C132H176O4. The first-order valence-electron chi connectivity index (χ1n) is 56.2. The number of hydrogen-bond acceptors (Lipinski definition) is 4. The van der Waals surface area contributed by atoms with Gasteiger partial charge in [-0.25, -0.2) is 0 Å². The van der Waals surface area contributed by atoms with E-state index >= 15 is 0 Å². The maximum Gasteiger partial charge on any atom is 0.0619 e. The Bertz CT molecular complexity index is 5720. The van der Waals surface area contributed by atoms with Gasteiger partial charge >= 0.3 is 0 Å². The van der Waals surface area contributed by atoms with Crippen LogP contribution in [0.3, 0.4) is 0 Å². The molecule has 0 aromatic heterocycles. The minimum absolute atomic E-state index is 0.0100. The molecule has 0 aliphatic heterocycles. The summed E-state index contributed by atoms with van der Waals surface area (Å²) in [6.45, 7) is 47.7. The Morgan fingerprint density at radius 2 is 0.551 bits per heavy atom. The summed E-state index contributed by atoms with van der Waals surface area (Å²) < 4.78 is 25.9. The molecule has 0 spiro atoms. The highest BCUT2D eigenvalue weighted by atomic mass is 16.5. The average Bonchev–Trinajstić information content (AvgIpc) is 1.43. The molecule has 728 valence electrons. The zero-order valence-corrected chi connectivity index (χ0v) is 88.3. The van der Waals surface area contributed by atoms with E-state index in [1.807, 2.05) is 0 Å². The maximum absolute atomic E-state index is 6.49. The van der Waals surface area contributed by atoms with Crippen molar-refractivity contribution in [2.24, 2.45) is 126 Å². The van der Waals surface area contributed by atoms with E-state index in [1.54, 1.807) is 33.4 Å². The van der Waals surface area contributed by atoms with Gasteiger partial charge in [0.1, 0.15) is 0 Å². The van der Waals surface area contributed by atoms with Crippen LogP contribution in [-0.2, 0) is 18.9 Å². The topological polar surface area (TPSA) is 36.9 Å². The second kappa shape index (κ2) is 35.9. The van der Waals surface area contributed by atoms with Gasteiger partial charge < -0.3 is 18.9 Å². The highest BCUT2D eigenvalue weighted by Crippen LogP contribution is 2.74. The predicted molar refractivity (Wildman–Crippen MR) is 573 cm³/mol. The van der Waals surface area contributed by atoms with Gasteiger partial charge in [0.25, 0.3) is 0 Å². The molecule has 0 unspecified atom stereocenters. The van der Waals surface area contributed by atoms with Crippen molar-refractivity contribution in [2.45, 2.75) is 403 Å². The highest BCUT2D eigenvalue weighted by Gasteiger charge is 2.65. The van der Waals surface area contributed by atoms with E-state index in [9.17, 15) is 0 Å². The van der Waals surface area contributed by atoms with Crippen LogP contribution in [0.5, 0.6) is 0 Å². The van der Waals surface area contributed by atoms with Crippen molar-refractivity contribution in [1.82, 2.24) is 0 Å². The standard InChI is InChI=1S/C33H46O.2C33H44O.C33H42O/c4*1-31(2,3)34-26-16-18-32(4)25(21-26)12-13-27-29-15-14-28(33(29,5)19-17-30(27)32)24-11-10-22-8-6-7-9-23(22)20-24/h6-11,20,25-30H,12-19,21H2,1-5H3;6-11,14,20,25-27,29-30H,12-13,15-19,21H2,1-5H3;6-12,20,26-30H,13-19,21H2,1-5H3;6-12,14,20,26-27,29-30H,13,15-19,21H2,1-5H3/t25-,26+,27-,28+,29-,30-,32-,33+;25-,26+,27-,29-,30-,32-,33+;26-,27+,28-,29+,30+,32+,33-;26-,27+,29+,30+,32+,33-/m0011/s1. The van der Waals surface area contributed by atoms with Crippen molar-refractivity contribution in [3.63, 3.8) is 0 Å². The van der Waals surface area contributed by atoms with Gasteiger partial charge in [0.15, 0.2) is 0 Å². The molecule has 4 heteroatoms. The van der Waals surface area contributed by atoms with Crippen LogP contribution in [0, 0.1) is 126 Å². The molecule has 28 atom stereocenters. The van der Waals surface area contributed by atoms with Gasteiger partial charge in [-0.1, -0.05) is 249 Å². The number of rotatable bonds is 8. The molecule has 24 rings (SSSR count). The molecule has 0 radical (unpaired) electrons. The molecule has 8 aromatic rings. The second-order valence-electron chi connectivity index (χ2n) is 54.6. The van der Waals surface area contributed by atoms with Crippen LogP contribution in [0.25, 0.3) is 54.2 Å². The number of fused-ring (bicyclic) bond motifs is 24. The second-order valence-corrected chi connectivity index (χ2v) is 54.6. The molecule has 0 heterocycles. The highest BCUT2D eigenvalue weighted by molar-refractivity contribution is 5.89. The Labute approximate surface area is 824 Å². The zero-order chi connectivity index (χ0) is 94.9. The fourth-order valence-corrected chi connectivity index (χ4v) is 36.8. The van der Waals surface area contributed by atoms with Crippen molar-refractivity contribution in [3.8, 4) is 0 Å². The van der Waals surface area contributed by atoms with E-state index in [0.29, 0.717) is 67.7 Å². The van der Waals surface area contributed by atoms with E-state index < -0.39 is 0 Å². The van der Waals surface area contributed by atoms with E-state index in [2.05, 4.69) is 333 Å². The third-order valence-electron chi connectivity index (χ3n) is 43.1. The van der Waals surface area contributed by atoms with Crippen molar-refractivity contribution in [3.05, 3.63) is 228 Å². The molecule has 16 aliphatic carbocycles. The lowest BCUT2D eigenvalue weighted by atomic mass is 9.44. The molecule has 12 fully saturated rings. The first kappa shape index (κ1) is 95.8. The largest absolute Gasteiger partial charge is 0.373 e. The summed E-state index contributed by atoms with van der Waals surface area (Å²) in [6, 6.07) is 64.4. The molecule has 12 saturated carbocycles. The molecule has 0 N–H and O–H groups in total. The van der Waals surface area contributed by atoms with E-state index in [4.69, 9.17) is 18.9 Å². The number of hydrogen-bond donors (Lipinski definition) is 0. The van der Waals surface area contributed by atoms with Crippen molar-refractivity contribution in [1.29, 1.82) is 0 Å². The molecule has 136 heavy (non-hydrogen) atoms. The van der Waals surface area contributed by atoms with Crippen LogP contribution in [0.15, 0.2) is 205 Å². The van der Waals surface area contributed by atoms with Crippen molar-refractivity contribution < 1.29 is 18.9 Å². The van der Waals surface area contributed by atoms with Crippen molar-refractivity contribution in [2.75, 3.05) is 0 Å². The lowest BCUT2D eigenvalue weighted by Gasteiger charge is -2.61.